The number of fused-ring (bicyclic) bond motifs is 1. The van der Waals surface area contributed by atoms with Gasteiger partial charge in [0.2, 0.25) is 5.91 Å². The molecular formula is C18H26N2OS. The molecule has 1 saturated carbocycles. The molecule has 120 valence electrons. The number of thioether (sulfide) groups is 1. The number of hydrogen-bond acceptors (Lipinski definition) is 3. The quantitative estimate of drug-likeness (QED) is 0.875. The van der Waals surface area contributed by atoms with Crippen LogP contribution in [0, 0.1) is 11.3 Å². The largest absolute Gasteiger partial charge is 0.326 e. The van der Waals surface area contributed by atoms with Crippen molar-refractivity contribution in [1.29, 1.82) is 0 Å². The number of amides is 1. The van der Waals surface area contributed by atoms with E-state index in [0.29, 0.717) is 5.92 Å². The molecule has 4 heteroatoms. The fourth-order valence-corrected chi connectivity index (χ4v) is 4.36. The van der Waals surface area contributed by atoms with E-state index in [2.05, 4.69) is 29.0 Å². The Morgan fingerprint density at radius 2 is 2.18 bits per heavy atom. The SMILES string of the molecule is CSCCc1ccc(NC(=O)[C@@]23CCCC[C@H]2CNC3)cc1. The molecule has 0 bridgehead atoms. The number of carbonyl (C=O) groups excluding carboxylic acids is 1. The molecule has 0 radical (unpaired) electrons. The highest BCUT2D eigenvalue weighted by Gasteiger charge is 2.49. The average Bonchev–Trinajstić information content (AvgIpc) is 2.99. The number of carbonyl (C=O) groups is 1. The molecule has 1 aliphatic carbocycles. The zero-order chi connectivity index (χ0) is 15.4. The van der Waals surface area contributed by atoms with Crippen molar-refractivity contribution >= 4 is 23.4 Å². The summed E-state index contributed by atoms with van der Waals surface area (Å²) in [7, 11) is 0. The molecule has 1 aromatic carbocycles. The van der Waals surface area contributed by atoms with Crippen LogP contribution < -0.4 is 10.6 Å². The number of anilines is 1. The van der Waals surface area contributed by atoms with Gasteiger partial charge in [0.05, 0.1) is 5.41 Å². The fraction of sp³-hybridized carbons (Fsp3) is 0.611. The van der Waals surface area contributed by atoms with Crippen LogP contribution in [0.25, 0.3) is 0 Å². The van der Waals surface area contributed by atoms with E-state index < -0.39 is 0 Å². The highest BCUT2D eigenvalue weighted by molar-refractivity contribution is 7.98. The molecule has 3 rings (SSSR count). The third-order valence-electron chi connectivity index (χ3n) is 5.30. The van der Waals surface area contributed by atoms with Crippen LogP contribution in [-0.2, 0) is 11.2 Å². The maximum Gasteiger partial charge on any atom is 0.232 e. The van der Waals surface area contributed by atoms with Gasteiger partial charge in [0.15, 0.2) is 0 Å². The molecule has 2 aliphatic rings. The predicted molar refractivity (Wildman–Crippen MR) is 94.4 cm³/mol. The topological polar surface area (TPSA) is 41.1 Å². The summed E-state index contributed by atoms with van der Waals surface area (Å²) in [6.45, 7) is 1.84. The van der Waals surface area contributed by atoms with Gasteiger partial charge in [0.25, 0.3) is 0 Å². The second kappa shape index (κ2) is 7.05. The van der Waals surface area contributed by atoms with Gasteiger partial charge >= 0.3 is 0 Å². The van der Waals surface area contributed by atoms with Gasteiger partial charge in [0, 0.05) is 12.2 Å². The van der Waals surface area contributed by atoms with E-state index in [1.807, 2.05) is 23.9 Å². The lowest BCUT2D eigenvalue weighted by Crippen LogP contribution is -2.44. The highest BCUT2D eigenvalue weighted by Crippen LogP contribution is 2.44. The normalized spacial score (nSPS) is 27.4. The number of hydrogen-bond donors (Lipinski definition) is 2. The Labute approximate surface area is 137 Å². The van der Waals surface area contributed by atoms with Crippen molar-refractivity contribution in [2.45, 2.75) is 32.1 Å². The summed E-state index contributed by atoms with van der Waals surface area (Å²) >= 11 is 1.86. The molecule has 1 heterocycles. The van der Waals surface area contributed by atoms with Crippen molar-refractivity contribution in [1.82, 2.24) is 5.32 Å². The number of benzene rings is 1. The minimum Gasteiger partial charge on any atom is -0.326 e. The average molecular weight is 318 g/mol. The molecule has 2 atom stereocenters. The van der Waals surface area contributed by atoms with Gasteiger partial charge in [-0.25, -0.2) is 0 Å². The molecule has 0 spiro atoms. The maximum absolute atomic E-state index is 12.9. The molecule has 0 aromatic heterocycles. The molecule has 22 heavy (non-hydrogen) atoms. The van der Waals surface area contributed by atoms with E-state index in [0.717, 1.165) is 37.4 Å². The van der Waals surface area contributed by atoms with Crippen molar-refractivity contribution in [2.24, 2.45) is 11.3 Å². The maximum atomic E-state index is 12.9. The van der Waals surface area contributed by atoms with Crippen LogP contribution in [0.2, 0.25) is 0 Å². The Kier molecular flexibility index (Phi) is 5.09. The van der Waals surface area contributed by atoms with Gasteiger partial charge in [-0.3, -0.25) is 4.79 Å². The zero-order valence-electron chi connectivity index (χ0n) is 13.4. The lowest BCUT2D eigenvalue weighted by molar-refractivity contribution is -0.128. The number of rotatable bonds is 5. The molecule has 1 saturated heterocycles. The number of nitrogens with one attached hydrogen (secondary N) is 2. The van der Waals surface area contributed by atoms with Gasteiger partial charge in [-0.1, -0.05) is 25.0 Å². The smallest absolute Gasteiger partial charge is 0.232 e. The Morgan fingerprint density at radius 3 is 2.95 bits per heavy atom. The minimum atomic E-state index is -0.171. The summed E-state index contributed by atoms with van der Waals surface area (Å²) < 4.78 is 0. The Morgan fingerprint density at radius 1 is 1.36 bits per heavy atom. The second-order valence-corrected chi connectivity index (χ2v) is 7.61. The molecule has 1 aliphatic heterocycles. The summed E-state index contributed by atoms with van der Waals surface area (Å²) in [5.74, 6) is 1.88. The molecule has 3 nitrogen and oxygen atoms in total. The van der Waals surface area contributed by atoms with Crippen molar-refractivity contribution in [3.63, 3.8) is 0 Å². The van der Waals surface area contributed by atoms with Crippen molar-refractivity contribution < 1.29 is 4.79 Å². The van der Waals surface area contributed by atoms with Gasteiger partial charge in [0.1, 0.15) is 0 Å². The van der Waals surface area contributed by atoms with Crippen LogP contribution in [0.15, 0.2) is 24.3 Å². The summed E-state index contributed by atoms with van der Waals surface area (Å²) in [6, 6.07) is 8.36. The van der Waals surface area contributed by atoms with Crippen LogP contribution >= 0.6 is 11.8 Å². The van der Waals surface area contributed by atoms with E-state index in [9.17, 15) is 4.79 Å². The van der Waals surface area contributed by atoms with Gasteiger partial charge in [-0.15, -0.1) is 0 Å². The van der Waals surface area contributed by atoms with Gasteiger partial charge in [-0.2, -0.15) is 11.8 Å². The van der Waals surface area contributed by atoms with Crippen LogP contribution in [-0.4, -0.2) is 31.0 Å². The van der Waals surface area contributed by atoms with Crippen molar-refractivity contribution in [3.05, 3.63) is 29.8 Å². The van der Waals surface area contributed by atoms with Crippen molar-refractivity contribution in [2.75, 3.05) is 30.4 Å². The lowest BCUT2D eigenvalue weighted by atomic mass is 9.67. The van der Waals surface area contributed by atoms with E-state index >= 15 is 0 Å². The highest BCUT2D eigenvalue weighted by atomic mass is 32.2. The van der Waals surface area contributed by atoms with Gasteiger partial charge < -0.3 is 10.6 Å². The summed E-state index contributed by atoms with van der Waals surface area (Å²) in [5.41, 5.74) is 2.10. The lowest BCUT2D eigenvalue weighted by Gasteiger charge is -2.37. The van der Waals surface area contributed by atoms with Crippen LogP contribution in [0.3, 0.4) is 0 Å². The van der Waals surface area contributed by atoms with Crippen LogP contribution in [0.1, 0.15) is 31.2 Å². The summed E-state index contributed by atoms with van der Waals surface area (Å²) in [4.78, 5) is 12.9. The molecule has 2 fully saturated rings. The second-order valence-electron chi connectivity index (χ2n) is 6.62. The molecule has 1 amide bonds. The van der Waals surface area contributed by atoms with E-state index in [1.54, 1.807) is 0 Å². The van der Waals surface area contributed by atoms with E-state index in [-0.39, 0.29) is 11.3 Å². The van der Waals surface area contributed by atoms with Crippen molar-refractivity contribution in [3.8, 4) is 0 Å². The minimum absolute atomic E-state index is 0.171. The molecular weight excluding hydrogens is 292 g/mol. The zero-order valence-corrected chi connectivity index (χ0v) is 14.2. The molecule has 1 aromatic rings. The van der Waals surface area contributed by atoms with Crippen LogP contribution in [0.4, 0.5) is 5.69 Å². The Balaban J connectivity index is 1.66. The first-order valence-electron chi connectivity index (χ1n) is 8.35. The Hall–Kier alpha value is -1.00. The number of aryl methyl sites for hydroxylation is 1. The van der Waals surface area contributed by atoms with E-state index in [1.165, 1.54) is 24.8 Å². The first-order chi connectivity index (χ1) is 10.7. The standard InChI is InChI=1S/C18H26N2OS/c1-22-11-9-14-5-7-16(8-6-14)20-17(21)18-10-3-2-4-15(18)12-19-13-18/h5-8,15,19H,2-4,9-13H2,1H3,(H,20,21)/t15-,18+/m0/s1. The first-order valence-corrected chi connectivity index (χ1v) is 9.74. The monoisotopic (exact) mass is 318 g/mol. The van der Waals surface area contributed by atoms with Gasteiger partial charge in [-0.05, 0) is 61.4 Å². The first kappa shape index (κ1) is 15.9. The molecule has 2 N–H and O–H groups in total. The third kappa shape index (κ3) is 3.18. The summed E-state index contributed by atoms with van der Waals surface area (Å²) in [5, 5.41) is 6.61. The summed E-state index contributed by atoms with van der Waals surface area (Å²) in [6.07, 6.45) is 7.89. The van der Waals surface area contributed by atoms with Crippen LogP contribution in [0.5, 0.6) is 0 Å². The predicted octanol–water partition coefficient (Wildman–Crippen LogP) is 3.31. The fourth-order valence-electron chi connectivity index (χ4n) is 3.92. The Bertz CT molecular complexity index is 516. The molecule has 0 unspecified atom stereocenters. The van der Waals surface area contributed by atoms with E-state index in [4.69, 9.17) is 0 Å². The third-order valence-corrected chi connectivity index (χ3v) is 5.91.